The molecule has 1 aliphatic rings. The number of carboxylic acids is 1. The predicted octanol–water partition coefficient (Wildman–Crippen LogP) is 3.52. The first-order valence-corrected chi connectivity index (χ1v) is 11.3. The Morgan fingerprint density at radius 1 is 1.03 bits per heavy atom. The lowest BCUT2D eigenvalue weighted by Crippen LogP contribution is -2.30. The smallest absolute Gasteiger partial charge is 0.305 e. The third-order valence-electron chi connectivity index (χ3n) is 5.46. The summed E-state index contributed by atoms with van der Waals surface area (Å²) in [6.45, 7) is 4.31. The van der Waals surface area contributed by atoms with Gasteiger partial charge in [0.15, 0.2) is 0 Å². The number of benzene rings is 2. The molecule has 0 radical (unpaired) electrons. The van der Waals surface area contributed by atoms with Gasteiger partial charge in [0.05, 0.1) is 19.1 Å². The van der Waals surface area contributed by atoms with Crippen LogP contribution in [0.2, 0.25) is 0 Å². The van der Waals surface area contributed by atoms with Gasteiger partial charge in [-0.15, -0.1) is 0 Å². The number of hydrogen-bond donors (Lipinski definition) is 4. The Labute approximate surface area is 193 Å². The molecule has 0 fully saturated rings. The molecular weight excluding hydrogens is 422 g/mol. The van der Waals surface area contributed by atoms with Gasteiger partial charge in [-0.05, 0) is 47.4 Å². The van der Waals surface area contributed by atoms with Crippen molar-refractivity contribution in [1.29, 1.82) is 0 Å². The average molecular weight is 454 g/mol. The largest absolute Gasteiger partial charge is 0.494 e. The lowest BCUT2D eigenvalue weighted by molar-refractivity contribution is -0.138. The highest BCUT2D eigenvalue weighted by atomic mass is 16.5. The fourth-order valence-corrected chi connectivity index (χ4v) is 3.65. The van der Waals surface area contributed by atoms with Crippen molar-refractivity contribution in [3.8, 4) is 5.75 Å². The number of amides is 2. The van der Waals surface area contributed by atoms with E-state index in [1.165, 1.54) is 5.56 Å². The van der Waals surface area contributed by atoms with E-state index in [2.05, 4.69) is 22.9 Å². The Hall–Kier alpha value is -3.39. The number of nitrogens with one attached hydrogen (secondary N) is 3. The molecular formula is C25H31N3O5. The molecule has 3 rings (SSSR count). The summed E-state index contributed by atoms with van der Waals surface area (Å²) in [4.78, 5) is 36.0. The van der Waals surface area contributed by atoms with Crippen LogP contribution in [0.4, 0.5) is 5.69 Å². The maximum absolute atomic E-state index is 12.4. The molecule has 1 heterocycles. The maximum Gasteiger partial charge on any atom is 0.305 e. The molecule has 2 aromatic rings. The molecule has 0 spiro atoms. The Bertz CT molecular complexity index is 975. The van der Waals surface area contributed by atoms with Gasteiger partial charge in [0.25, 0.3) is 0 Å². The first kappa shape index (κ1) is 24.3. The number of carbonyl (C=O) groups is 3. The highest BCUT2D eigenvalue weighted by Gasteiger charge is 2.19. The standard InChI is InChI=1S/C25H31N3O5/c1-2-3-12-33-21-8-5-17(6-9-21)22(14-25(31)32)28-24(30)11-10-23(29)27-20-7-4-18-15-26-16-19(18)13-20/h4-9,13,22,26H,2-3,10-12,14-16H2,1H3,(H,27,29)(H,28,30)(H,31,32). The monoisotopic (exact) mass is 453 g/mol. The Morgan fingerprint density at radius 2 is 1.76 bits per heavy atom. The molecule has 1 aliphatic heterocycles. The number of carboxylic acid groups (broad SMARTS) is 1. The summed E-state index contributed by atoms with van der Waals surface area (Å²) in [5.74, 6) is -0.962. The van der Waals surface area contributed by atoms with Gasteiger partial charge >= 0.3 is 5.97 Å². The first-order valence-electron chi connectivity index (χ1n) is 11.3. The number of unbranched alkanes of at least 4 members (excludes halogenated alkanes) is 1. The molecule has 0 bridgehead atoms. The van der Waals surface area contributed by atoms with Crippen LogP contribution in [-0.4, -0.2) is 29.5 Å². The highest BCUT2D eigenvalue weighted by molar-refractivity contribution is 5.93. The average Bonchev–Trinajstić information content (AvgIpc) is 3.25. The second-order valence-corrected chi connectivity index (χ2v) is 8.12. The topological polar surface area (TPSA) is 117 Å². The van der Waals surface area contributed by atoms with E-state index < -0.39 is 12.0 Å². The Balaban J connectivity index is 1.51. The van der Waals surface area contributed by atoms with Crippen molar-refractivity contribution >= 4 is 23.5 Å². The van der Waals surface area contributed by atoms with Gasteiger partial charge in [-0.2, -0.15) is 0 Å². The lowest BCUT2D eigenvalue weighted by atomic mass is 10.0. The van der Waals surface area contributed by atoms with Gasteiger partial charge in [-0.25, -0.2) is 0 Å². The van der Waals surface area contributed by atoms with Crippen LogP contribution in [0, 0.1) is 0 Å². The number of ether oxygens (including phenoxy) is 1. The molecule has 2 amide bonds. The van der Waals surface area contributed by atoms with Crippen LogP contribution in [0.3, 0.4) is 0 Å². The van der Waals surface area contributed by atoms with Gasteiger partial charge in [-0.1, -0.05) is 31.5 Å². The highest BCUT2D eigenvalue weighted by Crippen LogP contribution is 2.22. The Kier molecular flexibility index (Phi) is 8.83. The third kappa shape index (κ3) is 7.61. The van der Waals surface area contributed by atoms with E-state index in [1.807, 2.05) is 18.2 Å². The number of rotatable bonds is 12. The summed E-state index contributed by atoms with van der Waals surface area (Å²) in [5.41, 5.74) is 3.75. The van der Waals surface area contributed by atoms with Crippen molar-refractivity contribution in [3.05, 3.63) is 59.2 Å². The van der Waals surface area contributed by atoms with Crippen LogP contribution in [0.25, 0.3) is 0 Å². The van der Waals surface area contributed by atoms with Gasteiger partial charge in [0.1, 0.15) is 5.75 Å². The summed E-state index contributed by atoms with van der Waals surface area (Å²) in [6, 6.07) is 12.1. The first-order chi connectivity index (χ1) is 15.9. The minimum atomic E-state index is -1.02. The van der Waals surface area contributed by atoms with Crippen molar-refractivity contribution in [1.82, 2.24) is 10.6 Å². The van der Waals surface area contributed by atoms with E-state index in [9.17, 15) is 19.5 Å². The van der Waals surface area contributed by atoms with E-state index in [0.29, 0.717) is 23.6 Å². The lowest BCUT2D eigenvalue weighted by Gasteiger charge is -2.18. The Morgan fingerprint density at radius 3 is 2.48 bits per heavy atom. The molecule has 0 saturated heterocycles. The molecule has 176 valence electrons. The summed E-state index contributed by atoms with van der Waals surface area (Å²) in [5, 5.41) is 18.1. The molecule has 1 atom stereocenters. The molecule has 8 nitrogen and oxygen atoms in total. The van der Waals surface area contributed by atoms with E-state index in [0.717, 1.165) is 31.5 Å². The maximum atomic E-state index is 12.4. The third-order valence-corrected chi connectivity index (χ3v) is 5.46. The fourth-order valence-electron chi connectivity index (χ4n) is 3.65. The zero-order valence-electron chi connectivity index (χ0n) is 18.9. The molecule has 0 saturated carbocycles. The molecule has 8 heteroatoms. The van der Waals surface area contributed by atoms with Crippen molar-refractivity contribution in [3.63, 3.8) is 0 Å². The number of fused-ring (bicyclic) bond motifs is 1. The van der Waals surface area contributed by atoms with Gasteiger partial charge in [0.2, 0.25) is 11.8 Å². The molecule has 1 unspecified atom stereocenters. The van der Waals surface area contributed by atoms with Gasteiger partial charge < -0.3 is 25.8 Å². The van der Waals surface area contributed by atoms with Gasteiger partial charge in [0, 0.05) is 31.6 Å². The van der Waals surface area contributed by atoms with Crippen LogP contribution >= 0.6 is 0 Å². The van der Waals surface area contributed by atoms with Crippen molar-refractivity contribution < 1.29 is 24.2 Å². The number of hydrogen-bond acceptors (Lipinski definition) is 5. The molecule has 4 N–H and O–H groups in total. The SMILES string of the molecule is CCCCOc1ccc(C(CC(=O)O)NC(=O)CCC(=O)Nc2ccc3c(c2)CNC3)cc1. The van der Waals surface area contributed by atoms with Gasteiger partial charge in [-0.3, -0.25) is 14.4 Å². The zero-order valence-corrected chi connectivity index (χ0v) is 18.9. The quantitative estimate of drug-likeness (QED) is 0.366. The van der Waals surface area contributed by atoms with E-state index in [4.69, 9.17) is 4.74 Å². The minimum absolute atomic E-state index is 0.00512. The number of aliphatic carboxylic acids is 1. The second kappa shape index (κ2) is 12.0. The normalized spacial score (nSPS) is 13.1. The zero-order chi connectivity index (χ0) is 23.6. The number of carbonyl (C=O) groups excluding carboxylic acids is 2. The predicted molar refractivity (Wildman–Crippen MR) is 125 cm³/mol. The van der Waals surface area contributed by atoms with E-state index in [1.54, 1.807) is 24.3 Å². The summed E-state index contributed by atoms with van der Waals surface area (Å²) >= 11 is 0. The van der Waals surface area contributed by atoms with Crippen molar-refractivity contribution in [2.45, 2.75) is 58.2 Å². The molecule has 2 aromatic carbocycles. The van der Waals surface area contributed by atoms with Crippen molar-refractivity contribution in [2.75, 3.05) is 11.9 Å². The van der Waals surface area contributed by atoms with E-state index >= 15 is 0 Å². The number of anilines is 1. The fraction of sp³-hybridized carbons (Fsp3) is 0.400. The van der Waals surface area contributed by atoms with Crippen molar-refractivity contribution in [2.24, 2.45) is 0 Å². The van der Waals surface area contributed by atoms with Crippen LogP contribution in [0.5, 0.6) is 5.75 Å². The molecule has 33 heavy (non-hydrogen) atoms. The second-order valence-electron chi connectivity index (χ2n) is 8.12. The summed E-state index contributed by atoms with van der Waals surface area (Å²) in [7, 11) is 0. The summed E-state index contributed by atoms with van der Waals surface area (Å²) in [6.07, 6.45) is 1.71. The minimum Gasteiger partial charge on any atom is -0.494 e. The van der Waals surface area contributed by atoms with E-state index in [-0.39, 0.29) is 31.1 Å². The van der Waals surface area contributed by atoms with Crippen LogP contribution in [-0.2, 0) is 27.5 Å². The van der Waals surface area contributed by atoms with Crippen LogP contribution in [0.15, 0.2) is 42.5 Å². The molecule has 0 aromatic heterocycles. The van der Waals surface area contributed by atoms with Crippen LogP contribution in [0.1, 0.15) is 61.8 Å². The molecule has 0 aliphatic carbocycles. The summed E-state index contributed by atoms with van der Waals surface area (Å²) < 4.78 is 5.63. The van der Waals surface area contributed by atoms with Crippen LogP contribution < -0.4 is 20.7 Å².